The number of hydrogen-bond donors (Lipinski definition) is 3. The summed E-state index contributed by atoms with van der Waals surface area (Å²) in [6.45, 7) is 3.98. The molecular formula is C48H43N3O5S2. The van der Waals surface area contributed by atoms with Gasteiger partial charge in [-0.3, -0.25) is 14.4 Å². The number of fused-ring (bicyclic) bond motifs is 1. The minimum Gasteiger partial charge on any atom is -0.462 e. The highest BCUT2D eigenvalue weighted by atomic mass is 32.2. The molecular weight excluding hydrogens is 763 g/mol. The van der Waals surface area contributed by atoms with Crippen molar-refractivity contribution in [3.8, 4) is 0 Å². The van der Waals surface area contributed by atoms with E-state index in [4.69, 9.17) is 4.74 Å². The van der Waals surface area contributed by atoms with Gasteiger partial charge in [-0.15, -0.1) is 23.1 Å². The third-order valence-electron chi connectivity index (χ3n) is 9.86. The average molecular weight is 806 g/mol. The van der Waals surface area contributed by atoms with E-state index >= 15 is 0 Å². The third kappa shape index (κ3) is 9.82. The molecule has 8 nitrogen and oxygen atoms in total. The van der Waals surface area contributed by atoms with Crippen molar-refractivity contribution in [2.45, 2.75) is 49.2 Å². The summed E-state index contributed by atoms with van der Waals surface area (Å²) in [5.41, 5.74) is 6.22. The first-order chi connectivity index (χ1) is 28.2. The smallest absolute Gasteiger partial charge is 0.341 e. The molecule has 58 heavy (non-hydrogen) atoms. The zero-order valence-corrected chi connectivity index (χ0v) is 33.8. The maximum Gasteiger partial charge on any atom is 0.341 e. The average Bonchev–Trinajstić information content (AvgIpc) is 3.61. The number of esters is 1. The fourth-order valence-electron chi connectivity index (χ4n) is 6.93. The molecule has 0 bridgehead atoms. The lowest BCUT2D eigenvalue weighted by atomic mass is 9.83. The Morgan fingerprint density at radius 3 is 2.22 bits per heavy atom. The molecule has 1 aliphatic rings. The summed E-state index contributed by atoms with van der Waals surface area (Å²) in [6.07, 6.45) is 4.02. The molecule has 0 saturated carbocycles. The van der Waals surface area contributed by atoms with Crippen molar-refractivity contribution < 1.29 is 23.9 Å². The first kappa shape index (κ1) is 40.0. The molecule has 7 rings (SSSR count). The molecule has 292 valence electrons. The monoisotopic (exact) mass is 805 g/mol. The van der Waals surface area contributed by atoms with Crippen LogP contribution in [-0.2, 0) is 27.2 Å². The molecule has 1 heterocycles. The summed E-state index contributed by atoms with van der Waals surface area (Å²) >= 11 is 2.78. The normalized spacial score (nSPS) is 14.1. The molecule has 3 amide bonds. The summed E-state index contributed by atoms with van der Waals surface area (Å²) in [6, 6.07) is 43.4. The molecule has 6 aromatic rings. The Balaban J connectivity index is 1.13. The van der Waals surface area contributed by atoms with E-state index in [1.54, 1.807) is 55.5 Å². The number of benzene rings is 5. The van der Waals surface area contributed by atoms with Crippen molar-refractivity contribution in [2.75, 3.05) is 17.2 Å². The van der Waals surface area contributed by atoms with Crippen molar-refractivity contribution in [1.29, 1.82) is 0 Å². The topological polar surface area (TPSA) is 114 Å². The van der Waals surface area contributed by atoms with E-state index in [1.165, 1.54) is 28.7 Å². The molecule has 5 aromatic carbocycles. The maximum atomic E-state index is 14.4. The maximum absolute atomic E-state index is 14.4. The van der Waals surface area contributed by atoms with Crippen LogP contribution in [0.15, 0.2) is 150 Å². The van der Waals surface area contributed by atoms with E-state index in [0.717, 1.165) is 44.9 Å². The number of thiophene rings is 1. The van der Waals surface area contributed by atoms with Crippen molar-refractivity contribution in [2.24, 2.45) is 0 Å². The van der Waals surface area contributed by atoms with Crippen LogP contribution in [0.5, 0.6) is 0 Å². The molecule has 0 saturated heterocycles. The van der Waals surface area contributed by atoms with Gasteiger partial charge in [-0.05, 0) is 97.7 Å². The summed E-state index contributed by atoms with van der Waals surface area (Å²) in [5, 5.41) is 8.66. The Kier molecular flexibility index (Phi) is 13.0. The van der Waals surface area contributed by atoms with E-state index in [2.05, 4.69) is 28.1 Å². The summed E-state index contributed by atoms with van der Waals surface area (Å²) in [7, 11) is 0. The second-order valence-corrected chi connectivity index (χ2v) is 16.2. The second kappa shape index (κ2) is 18.8. The highest BCUT2D eigenvalue weighted by molar-refractivity contribution is 8.00. The van der Waals surface area contributed by atoms with Gasteiger partial charge in [-0.2, -0.15) is 0 Å². The van der Waals surface area contributed by atoms with Gasteiger partial charge in [0.2, 0.25) is 5.91 Å². The van der Waals surface area contributed by atoms with Crippen LogP contribution in [0.25, 0.3) is 6.08 Å². The van der Waals surface area contributed by atoms with Crippen LogP contribution in [0.4, 0.5) is 10.7 Å². The van der Waals surface area contributed by atoms with Gasteiger partial charge in [0.1, 0.15) is 15.9 Å². The molecule has 0 radical (unpaired) electrons. The van der Waals surface area contributed by atoms with E-state index in [0.29, 0.717) is 34.2 Å². The van der Waals surface area contributed by atoms with Crippen molar-refractivity contribution >= 4 is 63.6 Å². The number of aryl methyl sites for hydroxylation is 1. The molecule has 0 spiro atoms. The number of rotatable bonds is 13. The predicted octanol–water partition coefficient (Wildman–Crippen LogP) is 10.4. The molecule has 10 heteroatoms. The quantitative estimate of drug-likeness (QED) is 0.0609. The number of anilines is 2. The van der Waals surface area contributed by atoms with E-state index < -0.39 is 23.0 Å². The Morgan fingerprint density at radius 2 is 1.52 bits per heavy atom. The Labute approximate surface area is 346 Å². The van der Waals surface area contributed by atoms with E-state index in [1.807, 2.05) is 91.9 Å². The lowest BCUT2D eigenvalue weighted by Crippen LogP contribution is -2.30. The van der Waals surface area contributed by atoms with Gasteiger partial charge in [0.25, 0.3) is 11.8 Å². The first-order valence-corrected chi connectivity index (χ1v) is 20.9. The Hall–Kier alpha value is -6.23. The first-order valence-electron chi connectivity index (χ1n) is 19.2. The predicted molar refractivity (Wildman–Crippen MR) is 233 cm³/mol. The largest absolute Gasteiger partial charge is 0.462 e. The van der Waals surface area contributed by atoms with Crippen molar-refractivity contribution in [3.05, 3.63) is 189 Å². The minimum absolute atomic E-state index is 0.0726. The number of carbonyl (C=O) groups is 4. The summed E-state index contributed by atoms with van der Waals surface area (Å²) in [4.78, 5) is 56.7. The standard InChI is InChI=1S/C48H43N3O5S2/c1-3-56-48(55)42-39-27-26-36(33-14-7-4-8-15-33)29-41(39)58-47(42)51-46(54)43(34-16-9-5-10-17-34)57-38-21-13-20-37(30-38)49-45(53)40(28-32-24-22-31(2)23-25-32)50-44(52)35-18-11-6-12-19-35/h4-25,28,30,36,43H,3,26-27,29H2,1-2H3,(H,49,53)(H,50,52)(H,51,54)/b40-28-. The molecule has 2 atom stereocenters. The molecule has 3 N–H and O–H groups in total. The van der Waals surface area contributed by atoms with Gasteiger partial charge in [0.15, 0.2) is 0 Å². The van der Waals surface area contributed by atoms with Crippen LogP contribution >= 0.6 is 23.1 Å². The van der Waals surface area contributed by atoms with Gasteiger partial charge < -0.3 is 20.7 Å². The van der Waals surface area contributed by atoms with Crippen LogP contribution < -0.4 is 16.0 Å². The number of thioether (sulfide) groups is 1. The number of amides is 3. The van der Waals surface area contributed by atoms with Crippen LogP contribution in [0.3, 0.4) is 0 Å². The number of ether oxygens (including phenoxy) is 1. The Bertz CT molecular complexity index is 2430. The highest BCUT2D eigenvalue weighted by Crippen LogP contribution is 2.44. The Morgan fingerprint density at radius 1 is 0.828 bits per heavy atom. The van der Waals surface area contributed by atoms with E-state index in [9.17, 15) is 19.2 Å². The molecule has 0 aliphatic heterocycles. The van der Waals surface area contributed by atoms with Gasteiger partial charge in [0.05, 0.1) is 12.2 Å². The number of nitrogens with one attached hydrogen (secondary N) is 3. The zero-order chi connectivity index (χ0) is 40.4. The van der Waals surface area contributed by atoms with Crippen LogP contribution in [0, 0.1) is 6.92 Å². The van der Waals surface area contributed by atoms with Gasteiger partial charge in [-0.25, -0.2) is 4.79 Å². The number of hydrogen-bond acceptors (Lipinski definition) is 7. The van der Waals surface area contributed by atoms with Crippen molar-refractivity contribution in [3.63, 3.8) is 0 Å². The summed E-state index contributed by atoms with van der Waals surface area (Å²) in [5.74, 6) is -1.32. The lowest BCUT2D eigenvalue weighted by molar-refractivity contribution is -0.116. The molecule has 1 aliphatic carbocycles. The SMILES string of the molecule is CCOC(=O)c1c(NC(=O)C(Sc2cccc(NC(=O)/C(=C/c3ccc(C)cc3)NC(=O)c3ccccc3)c2)c2ccccc2)sc2c1CCC(c1ccccc1)C2. The fourth-order valence-corrected chi connectivity index (χ4v) is 9.34. The lowest BCUT2D eigenvalue weighted by Gasteiger charge is -2.23. The van der Waals surface area contributed by atoms with Gasteiger partial charge in [0, 0.05) is 21.0 Å². The highest BCUT2D eigenvalue weighted by Gasteiger charge is 2.32. The van der Waals surface area contributed by atoms with Crippen LogP contribution in [0.1, 0.15) is 77.9 Å². The minimum atomic E-state index is -0.708. The zero-order valence-electron chi connectivity index (χ0n) is 32.2. The van der Waals surface area contributed by atoms with Gasteiger partial charge in [-0.1, -0.05) is 115 Å². The fraction of sp³-hybridized carbons (Fsp3) is 0.167. The summed E-state index contributed by atoms with van der Waals surface area (Å²) < 4.78 is 5.52. The van der Waals surface area contributed by atoms with Gasteiger partial charge >= 0.3 is 5.97 Å². The van der Waals surface area contributed by atoms with Crippen LogP contribution in [-0.4, -0.2) is 30.3 Å². The molecule has 0 fully saturated rings. The van der Waals surface area contributed by atoms with Crippen LogP contribution in [0.2, 0.25) is 0 Å². The molecule has 1 aromatic heterocycles. The number of carbonyl (C=O) groups excluding carboxylic acids is 4. The third-order valence-corrected chi connectivity index (χ3v) is 12.3. The molecule has 2 unspecified atom stereocenters. The van der Waals surface area contributed by atoms with Crippen molar-refractivity contribution in [1.82, 2.24) is 5.32 Å². The van der Waals surface area contributed by atoms with E-state index in [-0.39, 0.29) is 18.2 Å². The second-order valence-electron chi connectivity index (χ2n) is 13.9.